The molecule has 2 aromatic heterocycles. The van der Waals surface area contributed by atoms with E-state index in [0.717, 1.165) is 41.4 Å². The van der Waals surface area contributed by atoms with Gasteiger partial charge in [0.1, 0.15) is 11.5 Å². The van der Waals surface area contributed by atoms with Crippen molar-refractivity contribution < 1.29 is 19.1 Å². The second-order valence-corrected chi connectivity index (χ2v) is 8.93. The zero-order valence-corrected chi connectivity index (χ0v) is 20.8. The standard InChI is InChI=1S/C28H29N5O4/c1-36-20-13-19(14-21(15-20)37-2)28(35)30-26-16-24(31-32-26)25-9-5-6-12-33(25)27(34)11-10-18-17-29-23-8-4-3-7-22(18)23/h3-4,7-8,10-11,13-17,25,29H,5-6,9,12H2,1-2H3,(H2,30,31,32,35)/b11-10-. The van der Waals surface area contributed by atoms with Crippen LogP contribution in [-0.4, -0.2) is 52.7 Å². The van der Waals surface area contributed by atoms with E-state index in [1.165, 1.54) is 14.2 Å². The van der Waals surface area contributed by atoms with Crippen molar-refractivity contribution in [2.45, 2.75) is 25.3 Å². The number of hydrogen-bond donors (Lipinski definition) is 3. The molecule has 0 saturated carbocycles. The van der Waals surface area contributed by atoms with E-state index >= 15 is 0 Å². The molecule has 0 radical (unpaired) electrons. The molecule has 190 valence electrons. The fourth-order valence-electron chi connectivity index (χ4n) is 4.71. The van der Waals surface area contributed by atoms with Crippen LogP contribution in [0.25, 0.3) is 17.0 Å². The first-order valence-electron chi connectivity index (χ1n) is 12.2. The summed E-state index contributed by atoms with van der Waals surface area (Å²) in [6.07, 6.45) is 8.15. The van der Waals surface area contributed by atoms with E-state index < -0.39 is 0 Å². The zero-order chi connectivity index (χ0) is 25.8. The average Bonchev–Trinajstić information content (AvgIpc) is 3.58. The number of ether oxygens (including phenoxy) is 2. The van der Waals surface area contributed by atoms with Gasteiger partial charge in [0, 0.05) is 47.4 Å². The number of benzene rings is 2. The van der Waals surface area contributed by atoms with Crippen molar-refractivity contribution in [3.63, 3.8) is 0 Å². The molecule has 1 aliphatic rings. The molecule has 0 aliphatic carbocycles. The fraction of sp³-hybridized carbons (Fsp3) is 0.250. The van der Waals surface area contributed by atoms with Crippen molar-refractivity contribution in [2.75, 3.05) is 26.1 Å². The molecule has 1 atom stereocenters. The van der Waals surface area contributed by atoms with Gasteiger partial charge in [0.25, 0.3) is 5.91 Å². The molecular weight excluding hydrogens is 470 g/mol. The number of hydrogen-bond acceptors (Lipinski definition) is 5. The topological polar surface area (TPSA) is 112 Å². The Morgan fingerprint density at radius 3 is 2.65 bits per heavy atom. The number of carbonyl (C=O) groups excluding carboxylic acids is 2. The Balaban J connectivity index is 1.30. The molecule has 5 rings (SSSR count). The lowest BCUT2D eigenvalue weighted by atomic mass is 9.99. The first kappa shape index (κ1) is 24.2. The predicted molar refractivity (Wildman–Crippen MR) is 142 cm³/mol. The van der Waals surface area contributed by atoms with Crippen LogP contribution in [0.4, 0.5) is 5.82 Å². The number of para-hydroxylation sites is 1. The molecular formula is C28H29N5O4. The second kappa shape index (κ2) is 10.6. The highest BCUT2D eigenvalue weighted by Gasteiger charge is 2.28. The van der Waals surface area contributed by atoms with E-state index in [2.05, 4.69) is 20.5 Å². The maximum atomic E-state index is 13.2. The van der Waals surface area contributed by atoms with Crippen LogP contribution in [0, 0.1) is 0 Å². The van der Waals surface area contributed by atoms with Crippen molar-refractivity contribution in [2.24, 2.45) is 0 Å². The highest BCUT2D eigenvalue weighted by molar-refractivity contribution is 6.04. The third kappa shape index (κ3) is 5.20. The highest BCUT2D eigenvalue weighted by Crippen LogP contribution is 2.31. The Bertz CT molecular complexity index is 1430. The maximum absolute atomic E-state index is 13.2. The van der Waals surface area contributed by atoms with Gasteiger partial charge in [-0.2, -0.15) is 5.10 Å². The molecule has 0 bridgehead atoms. The number of rotatable bonds is 7. The Morgan fingerprint density at radius 2 is 1.86 bits per heavy atom. The van der Waals surface area contributed by atoms with Gasteiger partial charge in [-0.3, -0.25) is 14.7 Å². The maximum Gasteiger partial charge on any atom is 0.257 e. The van der Waals surface area contributed by atoms with Gasteiger partial charge < -0.3 is 24.7 Å². The number of likely N-dealkylation sites (tertiary alicyclic amines) is 1. The molecule has 9 nitrogen and oxygen atoms in total. The minimum Gasteiger partial charge on any atom is -0.497 e. The number of amides is 2. The number of nitrogens with zero attached hydrogens (tertiary/aromatic N) is 2. The van der Waals surface area contributed by atoms with Crippen LogP contribution in [0.3, 0.4) is 0 Å². The van der Waals surface area contributed by atoms with E-state index in [9.17, 15) is 9.59 Å². The van der Waals surface area contributed by atoms with Crippen molar-refractivity contribution in [1.29, 1.82) is 0 Å². The normalized spacial score (nSPS) is 15.7. The number of nitrogens with one attached hydrogen (secondary N) is 3. The van der Waals surface area contributed by atoms with Gasteiger partial charge >= 0.3 is 0 Å². The molecule has 1 saturated heterocycles. The molecule has 1 unspecified atom stereocenters. The van der Waals surface area contributed by atoms with Crippen LogP contribution < -0.4 is 14.8 Å². The van der Waals surface area contributed by atoms with Crippen molar-refractivity contribution >= 4 is 34.6 Å². The van der Waals surface area contributed by atoms with Crippen LogP contribution in [0.2, 0.25) is 0 Å². The summed E-state index contributed by atoms with van der Waals surface area (Å²) in [7, 11) is 3.06. The van der Waals surface area contributed by atoms with Gasteiger partial charge in [0.2, 0.25) is 5.91 Å². The van der Waals surface area contributed by atoms with Crippen LogP contribution in [0.1, 0.15) is 46.9 Å². The molecule has 1 aliphatic heterocycles. The predicted octanol–water partition coefficient (Wildman–Crippen LogP) is 4.93. The summed E-state index contributed by atoms with van der Waals surface area (Å²) in [5, 5.41) is 11.2. The minimum atomic E-state index is -0.339. The van der Waals surface area contributed by atoms with Crippen LogP contribution in [0.5, 0.6) is 11.5 Å². The van der Waals surface area contributed by atoms with Gasteiger partial charge in [0.15, 0.2) is 5.82 Å². The lowest BCUT2D eigenvalue weighted by molar-refractivity contribution is -0.129. The van der Waals surface area contributed by atoms with E-state index in [0.29, 0.717) is 29.4 Å². The number of anilines is 1. The monoisotopic (exact) mass is 499 g/mol. The molecule has 4 aromatic rings. The highest BCUT2D eigenvalue weighted by atomic mass is 16.5. The van der Waals surface area contributed by atoms with Crippen molar-refractivity contribution in [3.8, 4) is 11.5 Å². The first-order chi connectivity index (χ1) is 18.1. The average molecular weight is 500 g/mol. The summed E-state index contributed by atoms with van der Waals surface area (Å²) in [4.78, 5) is 31.1. The Hall–Kier alpha value is -4.53. The number of piperidine rings is 1. The molecule has 37 heavy (non-hydrogen) atoms. The summed E-state index contributed by atoms with van der Waals surface area (Å²) >= 11 is 0. The zero-order valence-electron chi connectivity index (χ0n) is 20.8. The number of aromatic nitrogens is 3. The number of H-pyrrole nitrogens is 2. The molecule has 2 amide bonds. The van der Waals surface area contributed by atoms with E-state index in [-0.39, 0.29) is 17.9 Å². The smallest absolute Gasteiger partial charge is 0.257 e. The summed E-state index contributed by atoms with van der Waals surface area (Å²) in [5.41, 5.74) is 3.17. The number of fused-ring (bicyclic) bond motifs is 1. The molecule has 9 heteroatoms. The van der Waals surface area contributed by atoms with E-state index in [1.54, 1.807) is 30.3 Å². The summed E-state index contributed by atoms with van der Waals surface area (Å²) < 4.78 is 10.5. The van der Waals surface area contributed by atoms with Crippen LogP contribution in [0.15, 0.2) is 60.8 Å². The van der Waals surface area contributed by atoms with Crippen molar-refractivity contribution in [3.05, 3.63) is 77.6 Å². The Labute approximate surface area is 214 Å². The quantitative estimate of drug-likeness (QED) is 0.312. The molecule has 3 heterocycles. The van der Waals surface area contributed by atoms with E-state index in [4.69, 9.17) is 9.47 Å². The van der Waals surface area contributed by atoms with Gasteiger partial charge in [-0.25, -0.2) is 0 Å². The lowest BCUT2D eigenvalue weighted by Gasteiger charge is -2.34. The lowest BCUT2D eigenvalue weighted by Crippen LogP contribution is -2.37. The molecule has 2 aromatic carbocycles. The molecule has 1 fully saturated rings. The molecule has 3 N–H and O–H groups in total. The van der Waals surface area contributed by atoms with Crippen LogP contribution >= 0.6 is 0 Å². The largest absolute Gasteiger partial charge is 0.497 e. The number of methoxy groups -OCH3 is 2. The number of carbonyl (C=O) groups is 2. The summed E-state index contributed by atoms with van der Waals surface area (Å²) in [5.74, 6) is 1.02. The van der Waals surface area contributed by atoms with Gasteiger partial charge in [-0.15, -0.1) is 0 Å². The minimum absolute atomic E-state index is 0.0568. The van der Waals surface area contributed by atoms with Gasteiger partial charge in [0.05, 0.1) is 26.0 Å². The van der Waals surface area contributed by atoms with Gasteiger partial charge in [-0.05, 0) is 49.1 Å². The summed E-state index contributed by atoms with van der Waals surface area (Å²) in [6.45, 7) is 0.659. The first-order valence-corrected chi connectivity index (χ1v) is 12.2. The third-order valence-electron chi connectivity index (χ3n) is 6.62. The molecule has 0 spiro atoms. The third-order valence-corrected chi connectivity index (χ3v) is 6.62. The Kier molecular flexibility index (Phi) is 6.93. The van der Waals surface area contributed by atoms with Gasteiger partial charge in [-0.1, -0.05) is 18.2 Å². The Morgan fingerprint density at radius 1 is 1.08 bits per heavy atom. The van der Waals surface area contributed by atoms with E-state index in [1.807, 2.05) is 41.4 Å². The summed E-state index contributed by atoms with van der Waals surface area (Å²) in [6, 6.07) is 14.6. The second-order valence-electron chi connectivity index (χ2n) is 8.93. The van der Waals surface area contributed by atoms with Crippen molar-refractivity contribution in [1.82, 2.24) is 20.1 Å². The SMILES string of the molecule is COc1cc(OC)cc(C(=O)Nc2cc(C3CCCCN3C(=O)/C=C\c3c[nH]c4ccccc34)[nH]n2)c1. The number of aromatic amines is 2. The van der Waals surface area contributed by atoms with Crippen LogP contribution in [-0.2, 0) is 4.79 Å². The fourth-order valence-corrected chi connectivity index (χ4v) is 4.71.